The molecule has 11 atom stereocenters. The number of hydrogen-bond acceptors (Lipinski definition) is 7. The Balaban J connectivity index is 1.49. The molecule has 1 aromatic heterocycles. The van der Waals surface area contributed by atoms with Crippen LogP contribution in [0.4, 0.5) is 0 Å². The molecule has 32 heavy (non-hydrogen) atoms. The van der Waals surface area contributed by atoms with E-state index in [-0.39, 0.29) is 18.3 Å². The van der Waals surface area contributed by atoms with Crippen molar-refractivity contribution in [1.29, 1.82) is 0 Å². The van der Waals surface area contributed by atoms with Crippen molar-refractivity contribution in [2.24, 2.45) is 28.1 Å². The lowest BCUT2D eigenvalue weighted by Gasteiger charge is -2.76. The smallest absolute Gasteiger partial charge is 0.309 e. The summed E-state index contributed by atoms with van der Waals surface area (Å²) < 4.78 is 18.0. The number of esters is 1. The maximum absolute atomic E-state index is 13.0. The predicted molar refractivity (Wildman–Crippen MR) is 110 cm³/mol. The van der Waals surface area contributed by atoms with Gasteiger partial charge in [-0.1, -0.05) is 34.1 Å². The van der Waals surface area contributed by atoms with Gasteiger partial charge in [0.2, 0.25) is 0 Å². The van der Waals surface area contributed by atoms with Crippen molar-refractivity contribution in [3.63, 3.8) is 0 Å². The molecule has 0 radical (unpaired) electrons. The Kier molecular flexibility index (Phi) is 3.12. The van der Waals surface area contributed by atoms with E-state index < -0.39 is 56.8 Å². The Morgan fingerprint density at radius 1 is 1.22 bits per heavy atom. The molecule has 0 amide bonds. The second-order valence-electron chi connectivity index (χ2n) is 12.2. The largest absolute Gasteiger partial charge is 0.472 e. The van der Waals surface area contributed by atoms with E-state index in [0.717, 1.165) is 12.0 Å². The first-order chi connectivity index (χ1) is 14.9. The Labute approximate surface area is 187 Å². The van der Waals surface area contributed by atoms with Crippen LogP contribution < -0.4 is 0 Å². The summed E-state index contributed by atoms with van der Waals surface area (Å²) in [6.07, 6.45) is 3.96. The number of furan rings is 1. The van der Waals surface area contributed by atoms with Gasteiger partial charge in [-0.2, -0.15) is 0 Å². The Morgan fingerprint density at radius 3 is 2.62 bits per heavy atom. The van der Waals surface area contributed by atoms with Gasteiger partial charge in [-0.3, -0.25) is 4.79 Å². The summed E-state index contributed by atoms with van der Waals surface area (Å²) in [5.41, 5.74) is -6.75. The number of ether oxygens (including phenoxy) is 2. The van der Waals surface area contributed by atoms with E-state index in [1.807, 2.05) is 13.8 Å². The van der Waals surface area contributed by atoms with Crippen LogP contribution >= 0.6 is 0 Å². The fourth-order valence-electron chi connectivity index (χ4n) is 10.9. The third-order valence-electron chi connectivity index (χ3n) is 11.8. The molecule has 0 unspecified atom stereocenters. The zero-order valence-electron chi connectivity index (χ0n) is 19.1. The molecule has 2 saturated heterocycles. The van der Waals surface area contributed by atoms with Crippen LogP contribution in [0.15, 0.2) is 23.0 Å². The molecule has 4 saturated carbocycles. The van der Waals surface area contributed by atoms with Crippen molar-refractivity contribution < 1.29 is 34.0 Å². The Bertz CT molecular complexity index is 1050. The number of carbonyl (C=O) groups is 1. The summed E-state index contributed by atoms with van der Waals surface area (Å²) in [7, 11) is 0. The van der Waals surface area contributed by atoms with Gasteiger partial charge in [-0.15, -0.1) is 0 Å². The summed E-state index contributed by atoms with van der Waals surface area (Å²) in [5, 5.41) is 36.9. The van der Waals surface area contributed by atoms with Gasteiger partial charge >= 0.3 is 5.97 Å². The molecule has 6 fully saturated rings. The topological polar surface area (TPSA) is 109 Å². The monoisotopic (exact) mass is 444 g/mol. The van der Waals surface area contributed by atoms with Crippen LogP contribution in [0.1, 0.15) is 71.5 Å². The molecule has 1 aromatic rings. The fourth-order valence-corrected chi connectivity index (χ4v) is 10.9. The highest BCUT2D eigenvalue weighted by Crippen LogP contribution is 2.91. The third-order valence-corrected chi connectivity index (χ3v) is 11.8. The number of fused-ring (bicyclic) bond motifs is 2. The van der Waals surface area contributed by atoms with Gasteiger partial charge in [-0.05, 0) is 31.2 Å². The maximum Gasteiger partial charge on any atom is 0.309 e. The van der Waals surface area contributed by atoms with Gasteiger partial charge in [0.1, 0.15) is 22.9 Å². The maximum atomic E-state index is 13.0. The molecule has 3 N–H and O–H groups in total. The summed E-state index contributed by atoms with van der Waals surface area (Å²) in [6.45, 7) is 8.25. The second kappa shape index (κ2) is 4.99. The Hall–Kier alpha value is -1.41. The van der Waals surface area contributed by atoms with Gasteiger partial charge in [0.25, 0.3) is 0 Å². The second-order valence-corrected chi connectivity index (χ2v) is 12.2. The van der Waals surface area contributed by atoms with E-state index in [0.29, 0.717) is 19.3 Å². The van der Waals surface area contributed by atoms with Crippen LogP contribution in [0.5, 0.6) is 0 Å². The lowest BCUT2D eigenvalue weighted by atomic mass is 9.43. The summed E-state index contributed by atoms with van der Waals surface area (Å²) >= 11 is 0. The molecule has 0 aromatic carbocycles. The fraction of sp³-hybridized carbons (Fsp3) is 0.800. The molecule has 2 aliphatic heterocycles. The highest BCUT2D eigenvalue weighted by Gasteiger charge is 3.04. The highest BCUT2D eigenvalue weighted by molar-refractivity contribution is 5.75. The number of carbonyl (C=O) groups excluding carboxylic acids is 1. The molecule has 7 rings (SSSR count). The lowest BCUT2D eigenvalue weighted by Crippen LogP contribution is -2.93. The summed E-state index contributed by atoms with van der Waals surface area (Å²) in [5.74, 6) is -0.664. The zero-order valence-corrected chi connectivity index (χ0v) is 19.1. The van der Waals surface area contributed by atoms with E-state index in [9.17, 15) is 20.1 Å². The summed E-state index contributed by atoms with van der Waals surface area (Å²) in [6, 6.07) is 1.79. The first-order valence-corrected chi connectivity index (χ1v) is 12.0. The standard InChI is InChI=1S/C25H32O7/c1-5-14-19(2)12-22(28)21(14,4)15-6-8-20(3)17(13-7-9-30-11-13)31-16(26)10-23(20)24(15,29)25(22,32-23)18(19)27/h7,9,11,14-15,17-18,27-29H,5-6,8,10,12H2,1-4H3/t14-,15+,17-,18+,19+,20-,21+,22+,23+,24-,25-/m1/s1. The molecule has 6 aliphatic rings. The van der Waals surface area contributed by atoms with Gasteiger partial charge < -0.3 is 29.2 Å². The molecular formula is C25H32O7. The zero-order chi connectivity index (χ0) is 22.7. The van der Waals surface area contributed by atoms with Gasteiger partial charge in [0.05, 0.1) is 25.1 Å². The molecule has 174 valence electrons. The van der Waals surface area contributed by atoms with E-state index in [1.165, 1.54) is 0 Å². The van der Waals surface area contributed by atoms with Crippen molar-refractivity contribution >= 4 is 5.97 Å². The first kappa shape index (κ1) is 20.0. The molecule has 3 heterocycles. The SMILES string of the molecule is CC[C@@H]1[C@]2(C)C[C@]3(O)[C@]1(C)[C@@H]1CC[C@]4(C)[C@@H](c5ccoc5)OC(=O)C[C@]45O[C@@]3([C@H]2O)[C@@]15O. The predicted octanol–water partition coefficient (Wildman–Crippen LogP) is 2.48. The molecule has 7 heteroatoms. The Morgan fingerprint density at radius 2 is 1.97 bits per heavy atom. The van der Waals surface area contributed by atoms with Crippen molar-refractivity contribution in [2.75, 3.05) is 0 Å². The molecule has 7 nitrogen and oxygen atoms in total. The van der Waals surface area contributed by atoms with Crippen LogP contribution in [0.3, 0.4) is 0 Å². The minimum absolute atomic E-state index is 0.0467. The van der Waals surface area contributed by atoms with Crippen LogP contribution in [-0.2, 0) is 14.3 Å². The van der Waals surface area contributed by atoms with E-state index in [4.69, 9.17) is 13.9 Å². The number of cyclic esters (lactones) is 1. The van der Waals surface area contributed by atoms with Gasteiger partial charge in [-0.25, -0.2) is 0 Å². The molecular weight excluding hydrogens is 412 g/mol. The van der Waals surface area contributed by atoms with Gasteiger partial charge in [0.15, 0.2) is 5.60 Å². The number of aliphatic hydroxyl groups excluding tert-OH is 1. The van der Waals surface area contributed by atoms with Crippen LogP contribution in [0.2, 0.25) is 0 Å². The molecule has 2 bridgehead atoms. The number of rotatable bonds is 2. The van der Waals surface area contributed by atoms with E-state index in [2.05, 4.69) is 13.8 Å². The average molecular weight is 445 g/mol. The lowest BCUT2D eigenvalue weighted by molar-refractivity contribution is -0.489. The normalized spacial score (nSPS) is 63.5. The van der Waals surface area contributed by atoms with Crippen LogP contribution in [0.25, 0.3) is 0 Å². The molecule has 4 aliphatic carbocycles. The quantitative estimate of drug-likeness (QED) is 0.601. The summed E-state index contributed by atoms with van der Waals surface area (Å²) in [4.78, 5) is 13.0. The van der Waals surface area contributed by atoms with E-state index >= 15 is 0 Å². The highest BCUT2D eigenvalue weighted by atomic mass is 16.6. The van der Waals surface area contributed by atoms with E-state index in [1.54, 1.807) is 18.6 Å². The van der Waals surface area contributed by atoms with Crippen LogP contribution in [0, 0.1) is 28.1 Å². The van der Waals surface area contributed by atoms with Crippen molar-refractivity contribution in [3.8, 4) is 0 Å². The molecule has 2 spiro atoms. The number of aliphatic hydroxyl groups is 3. The van der Waals surface area contributed by atoms with Gasteiger partial charge in [0, 0.05) is 27.7 Å². The number of hydrogen-bond donors (Lipinski definition) is 3. The van der Waals surface area contributed by atoms with Crippen molar-refractivity contribution in [2.45, 2.75) is 94.4 Å². The third kappa shape index (κ3) is 1.38. The van der Waals surface area contributed by atoms with Crippen LogP contribution in [-0.4, -0.2) is 49.8 Å². The minimum atomic E-state index is -1.53. The minimum Gasteiger partial charge on any atom is -0.472 e. The van der Waals surface area contributed by atoms with Crippen molar-refractivity contribution in [3.05, 3.63) is 24.2 Å². The van der Waals surface area contributed by atoms with Crippen molar-refractivity contribution in [1.82, 2.24) is 0 Å². The average Bonchev–Trinajstić information content (AvgIpc) is 3.37. The first-order valence-electron chi connectivity index (χ1n) is 12.0.